The second-order valence-corrected chi connectivity index (χ2v) is 20.2. The summed E-state index contributed by atoms with van der Waals surface area (Å²) in [4.78, 5) is 8.77. The third kappa shape index (κ3) is 7.56. The van der Waals surface area contributed by atoms with E-state index in [1.165, 1.54) is 0 Å². The second-order valence-electron chi connectivity index (χ2n) is 14.6. The molecule has 1 aliphatic heterocycles. The molecule has 1 aliphatic rings. The Morgan fingerprint density at radius 3 is 1.85 bits per heavy atom. The summed E-state index contributed by atoms with van der Waals surface area (Å²) in [7, 11) is -2.12. The van der Waals surface area contributed by atoms with Crippen molar-refractivity contribution in [2.75, 3.05) is 11.6 Å². The van der Waals surface area contributed by atoms with Crippen LogP contribution in [0, 0.1) is 11.3 Å². The molecule has 1 fully saturated rings. The summed E-state index contributed by atoms with van der Waals surface area (Å²) >= 11 is 0. The van der Waals surface area contributed by atoms with E-state index >= 15 is 0 Å². The van der Waals surface area contributed by atoms with Gasteiger partial charge in [-0.25, -0.2) is 9.50 Å². The number of rotatable bonds is 16. The molecule has 0 radical (unpaired) electrons. The molecule has 0 bridgehead atoms. The van der Waals surface area contributed by atoms with Gasteiger partial charge in [0.05, 0.1) is 32.1 Å². The van der Waals surface area contributed by atoms with E-state index in [0.717, 1.165) is 28.0 Å². The summed E-state index contributed by atoms with van der Waals surface area (Å²) in [5.74, 6) is 0.761. The van der Waals surface area contributed by atoms with Crippen LogP contribution in [0.5, 0.6) is 0 Å². The zero-order valence-electron chi connectivity index (χ0n) is 31.1. The Morgan fingerprint density at radius 2 is 1.31 bits per heavy atom. The molecule has 4 atom stereocenters. The second kappa shape index (κ2) is 16.5. The average Bonchev–Trinajstić information content (AvgIpc) is 3.73. The quantitative estimate of drug-likeness (QED) is 0.101. The van der Waals surface area contributed by atoms with Crippen molar-refractivity contribution in [3.63, 3.8) is 0 Å². The van der Waals surface area contributed by atoms with Gasteiger partial charge in [0.25, 0.3) is 0 Å². The molecule has 2 aromatic heterocycles. The number of nitrogens with zero attached hydrogens (tertiary/aromatic N) is 4. The lowest BCUT2D eigenvalue weighted by atomic mass is 9.92. The van der Waals surface area contributed by atoms with Crippen LogP contribution in [0.25, 0.3) is 5.52 Å². The number of hydrogen-bond acceptors (Lipinski definition) is 8. The van der Waals surface area contributed by atoms with Gasteiger partial charge in [-0.15, -0.1) is 0 Å². The molecule has 3 aromatic carbocycles. The summed E-state index contributed by atoms with van der Waals surface area (Å²) in [6.45, 7) is 15.0. The van der Waals surface area contributed by atoms with Crippen LogP contribution >= 0.6 is 0 Å². The number of benzene rings is 3. The summed E-state index contributed by atoms with van der Waals surface area (Å²) in [5, 5.41) is 16.0. The zero-order chi connectivity index (χ0) is 36.7. The largest absolute Gasteiger partial charge is 0.393 e. The smallest absolute Gasteiger partial charge is 0.225 e. The standard InChI is InChI=1S/C42H51N5O4Si/c1-30(2)52(31(3)4,32(5)6)46-41-36-22-23-38(47(36)45-29-44-41)42(28-43)40(50-26-35-20-14-9-15-21-35)39(49-25-34-18-12-8-13-19-34)37(51-42)27-48-24-33-16-10-7-11-17-33/h7-23,29-32,37,39-40H,24-27H2,1-6H3,(H,44,45,46)/t37-,39-,40-,42+/m1/s1. The van der Waals surface area contributed by atoms with Crippen LogP contribution < -0.4 is 4.98 Å². The van der Waals surface area contributed by atoms with Gasteiger partial charge in [-0.2, -0.15) is 10.4 Å². The normalized spacial score (nSPS) is 20.6. The number of fused-ring (bicyclic) bond motifs is 1. The minimum absolute atomic E-state index is 0.194. The number of ether oxygens (including phenoxy) is 4. The van der Waals surface area contributed by atoms with E-state index in [1.54, 1.807) is 10.8 Å². The van der Waals surface area contributed by atoms with Gasteiger partial charge in [0.15, 0.2) is 8.24 Å². The van der Waals surface area contributed by atoms with Crippen LogP contribution in [-0.2, 0) is 44.4 Å². The molecule has 9 nitrogen and oxygen atoms in total. The maximum Gasteiger partial charge on any atom is 0.225 e. The van der Waals surface area contributed by atoms with Crippen molar-refractivity contribution in [1.82, 2.24) is 14.6 Å². The summed E-state index contributed by atoms with van der Waals surface area (Å²) in [5.41, 5.74) is 4.14. The van der Waals surface area contributed by atoms with Gasteiger partial charge >= 0.3 is 0 Å². The van der Waals surface area contributed by atoms with Gasteiger partial charge in [-0.1, -0.05) is 133 Å². The molecule has 1 N–H and O–H groups in total. The van der Waals surface area contributed by atoms with E-state index in [9.17, 15) is 5.26 Å². The van der Waals surface area contributed by atoms with Gasteiger partial charge in [-0.3, -0.25) is 0 Å². The van der Waals surface area contributed by atoms with Crippen molar-refractivity contribution < 1.29 is 18.9 Å². The van der Waals surface area contributed by atoms with Crippen molar-refractivity contribution in [2.45, 2.75) is 102 Å². The van der Waals surface area contributed by atoms with Crippen LogP contribution in [0.3, 0.4) is 0 Å². The Balaban J connectivity index is 1.41. The Morgan fingerprint density at radius 1 is 0.769 bits per heavy atom. The van der Waals surface area contributed by atoms with Crippen molar-refractivity contribution in [1.29, 1.82) is 5.26 Å². The summed E-state index contributed by atoms with van der Waals surface area (Å²) in [6, 6.07) is 36.4. The van der Waals surface area contributed by atoms with Gasteiger partial charge < -0.3 is 23.9 Å². The van der Waals surface area contributed by atoms with E-state index in [-0.39, 0.29) is 13.2 Å². The lowest BCUT2D eigenvalue weighted by molar-refractivity contribution is -0.0971. The van der Waals surface area contributed by atoms with Gasteiger partial charge in [0, 0.05) is 0 Å². The van der Waals surface area contributed by atoms with E-state index in [4.69, 9.17) is 29.0 Å². The molecule has 272 valence electrons. The van der Waals surface area contributed by atoms with E-state index in [1.807, 2.05) is 103 Å². The molecule has 52 heavy (non-hydrogen) atoms. The predicted molar refractivity (Wildman–Crippen MR) is 206 cm³/mol. The van der Waals surface area contributed by atoms with Gasteiger partial charge in [-0.05, 0) is 45.4 Å². The predicted octanol–water partition coefficient (Wildman–Crippen LogP) is 8.82. The first-order valence-electron chi connectivity index (χ1n) is 18.3. The number of anilines is 1. The monoisotopic (exact) mass is 717 g/mol. The van der Waals surface area contributed by atoms with Gasteiger partial charge in [0.1, 0.15) is 42.0 Å². The fourth-order valence-corrected chi connectivity index (χ4v) is 13.5. The highest BCUT2D eigenvalue weighted by Gasteiger charge is 2.60. The Labute approximate surface area is 309 Å². The first kappa shape index (κ1) is 37.4. The SMILES string of the molecule is CC(C)[Si](Nc1ncnn2c([C@]3(C#N)O[C@H](COCc4ccccc4)[C@@H](OCc4ccccc4)[C@H]3OCc3ccccc3)ccc12)(C(C)C)C(C)C. The van der Waals surface area contributed by atoms with Crippen LogP contribution in [-0.4, -0.2) is 47.8 Å². The van der Waals surface area contributed by atoms with E-state index in [2.05, 4.69) is 52.6 Å². The van der Waals surface area contributed by atoms with Crippen LogP contribution in [0.2, 0.25) is 16.6 Å². The molecular formula is C42H51N5O4Si. The van der Waals surface area contributed by atoms with Crippen LogP contribution in [0.1, 0.15) is 63.9 Å². The molecule has 0 spiro atoms. The number of hydrogen-bond donors (Lipinski definition) is 1. The van der Waals surface area contributed by atoms with Crippen molar-refractivity contribution >= 4 is 19.6 Å². The fraction of sp³-hybridized carbons (Fsp3) is 0.405. The zero-order valence-corrected chi connectivity index (χ0v) is 32.1. The molecule has 6 rings (SSSR count). The maximum absolute atomic E-state index is 11.3. The summed E-state index contributed by atoms with van der Waals surface area (Å²) in [6.07, 6.45) is -0.539. The molecule has 0 amide bonds. The average molecular weight is 718 g/mol. The Bertz CT molecular complexity index is 1890. The third-order valence-corrected chi connectivity index (χ3v) is 17.0. The highest BCUT2D eigenvalue weighted by molar-refractivity contribution is 6.86. The topological polar surface area (TPSA) is 103 Å². The first-order chi connectivity index (χ1) is 25.2. The van der Waals surface area contributed by atoms with E-state index < -0.39 is 32.1 Å². The third-order valence-electron chi connectivity index (χ3n) is 10.6. The Kier molecular flexibility index (Phi) is 11.9. The highest BCUT2D eigenvalue weighted by atomic mass is 28.3. The van der Waals surface area contributed by atoms with Crippen molar-refractivity contribution in [2.24, 2.45) is 0 Å². The van der Waals surface area contributed by atoms with Gasteiger partial charge in [0.2, 0.25) is 5.60 Å². The molecule has 0 saturated carbocycles. The number of nitriles is 1. The Hall–Kier alpha value is -4.37. The molecule has 3 heterocycles. The minimum Gasteiger partial charge on any atom is -0.393 e. The van der Waals surface area contributed by atoms with Crippen LogP contribution in [0.4, 0.5) is 5.82 Å². The number of nitrogens with one attached hydrogen (secondary N) is 1. The highest BCUT2D eigenvalue weighted by Crippen LogP contribution is 2.46. The van der Waals surface area contributed by atoms with Crippen LogP contribution in [0.15, 0.2) is 109 Å². The lowest BCUT2D eigenvalue weighted by Gasteiger charge is -2.43. The lowest BCUT2D eigenvalue weighted by Crippen LogP contribution is -2.52. The minimum atomic E-state index is -2.12. The molecular weight excluding hydrogens is 667 g/mol. The summed E-state index contributed by atoms with van der Waals surface area (Å²) < 4.78 is 28.5. The first-order valence-corrected chi connectivity index (χ1v) is 20.6. The number of aromatic nitrogens is 3. The fourth-order valence-electron chi connectivity index (χ4n) is 8.03. The van der Waals surface area contributed by atoms with Crippen molar-refractivity contribution in [3.8, 4) is 6.07 Å². The molecule has 5 aromatic rings. The van der Waals surface area contributed by atoms with E-state index in [0.29, 0.717) is 35.5 Å². The maximum atomic E-state index is 11.3. The molecule has 1 saturated heterocycles. The molecule has 0 unspecified atom stereocenters. The van der Waals surface area contributed by atoms with Crippen molar-refractivity contribution in [3.05, 3.63) is 132 Å². The molecule has 0 aliphatic carbocycles. The molecule has 10 heteroatoms.